The van der Waals surface area contributed by atoms with Crippen molar-refractivity contribution in [2.24, 2.45) is 0 Å². The summed E-state index contributed by atoms with van der Waals surface area (Å²) in [5.74, 6) is 1.54. The fraction of sp³-hybridized carbons (Fsp3) is 0.353. The van der Waals surface area contributed by atoms with Crippen LogP contribution in [0.25, 0.3) is 0 Å². The second kappa shape index (κ2) is 7.04. The van der Waals surface area contributed by atoms with Gasteiger partial charge in [0.25, 0.3) is 0 Å². The maximum Gasteiger partial charge on any atom is 0.229 e. The van der Waals surface area contributed by atoms with Crippen LogP contribution >= 0.6 is 11.6 Å². The average molecular weight is 331 g/mol. The molecular weight excluding hydrogens is 310 g/mol. The molecule has 1 aliphatic heterocycles. The predicted octanol–water partition coefficient (Wildman–Crippen LogP) is 4.17. The Kier molecular flexibility index (Phi) is 4.86. The van der Waals surface area contributed by atoms with Gasteiger partial charge in [0.15, 0.2) is 0 Å². The fourth-order valence-corrected chi connectivity index (χ4v) is 2.75. The molecule has 0 saturated carbocycles. The molecular formula is C17H21ClN5. The normalized spacial score (nSPS) is 14.3. The topological polar surface area (TPSA) is 67.1 Å². The van der Waals surface area contributed by atoms with E-state index in [2.05, 4.69) is 39.7 Å². The van der Waals surface area contributed by atoms with E-state index in [1.807, 2.05) is 6.07 Å². The molecule has 6 heteroatoms. The van der Waals surface area contributed by atoms with Gasteiger partial charge in [-0.15, -0.1) is 0 Å². The number of nitrogen functional groups attached to an aromatic ring is 1. The summed E-state index contributed by atoms with van der Waals surface area (Å²) in [6.07, 6.45) is 4.25. The highest BCUT2D eigenvalue weighted by Crippen LogP contribution is 2.26. The van der Waals surface area contributed by atoms with Gasteiger partial charge in [-0.1, -0.05) is 24.9 Å². The molecule has 1 radical (unpaired) electrons. The van der Waals surface area contributed by atoms with Crippen molar-refractivity contribution < 1.29 is 0 Å². The lowest BCUT2D eigenvalue weighted by Crippen LogP contribution is -2.17. The van der Waals surface area contributed by atoms with Crippen LogP contribution in [-0.4, -0.2) is 16.5 Å². The van der Waals surface area contributed by atoms with Crippen molar-refractivity contribution in [3.63, 3.8) is 0 Å². The zero-order valence-electron chi connectivity index (χ0n) is 13.2. The minimum absolute atomic E-state index is 0.537. The molecule has 2 heterocycles. The molecule has 0 amide bonds. The van der Waals surface area contributed by atoms with E-state index in [9.17, 15) is 0 Å². The highest BCUT2D eigenvalue weighted by Gasteiger charge is 2.16. The van der Waals surface area contributed by atoms with Crippen LogP contribution in [0.2, 0.25) is 5.02 Å². The van der Waals surface area contributed by atoms with Crippen LogP contribution in [0.3, 0.4) is 0 Å². The van der Waals surface area contributed by atoms with Gasteiger partial charge in [-0.05, 0) is 37.5 Å². The minimum atomic E-state index is 0.537. The summed E-state index contributed by atoms with van der Waals surface area (Å²) in [4.78, 5) is 11.4. The molecule has 1 aromatic heterocycles. The van der Waals surface area contributed by atoms with Gasteiger partial charge in [0.1, 0.15) is 5.82 Å². The SMILES string of the molecule is CCCc1cc(N2[CH]CCC2)nc(Nc2ccc(Cl)c(N)c2)n1. The van der Waals surface area contributed by atoms with Gasteiger partial charge in [-0.2, -0.15) is 4.98 Å². The number of benzene rings is 1. The highest BCUT2D eigenvalue weighted by atomic mass is 35.5. The van der Waals surface area contributed by atoms with E-state index in [4.69, 9.17) is 17.3 Å². The van der Waals surface area contributed by atoms with Crippen LogP contribution in [0.4, 0.5) is 23.1 Å². The number of nitrogens with one attached hydrogen (secondary N) is 1. The van der Waals surface area contributed by atoms with Crippen molar-refractivity contribution in [3.05, 3.63) is 41.5 Å². The number of aryl methyl sites for hydroxylation is 1. The molecule has 0 bridgehead atoms. The van der Waals surface area contributed by atoms with Gasteiger partial charge in [-0.25, -0.2) is 4.98 Å². The molecule has 0 unspecified atom stereocenters. The number of aromatic nitrogens is 2. The van der Waals surface area contributed by atoms with Crippen LogP contribution in [0.5, 0.6) is 0 Å². The number of halogens is 1. The molecule has 23 heavy (non-hydrogen) atoms. The summed E-state index contributed by atoms with van der Waals surface area (Å²) in [6, 6.07) is 7.51. The van der Waals surface area contributed by atoms with Gasteiger partial charge in [0.2, 0.25) is 5.95 Å². The van der Waals surface area contributed by atoms with Gasteiger partial charge >= 0.3 is 0 Å². The molecule has 3 rings (SSSR count). The predicted molar refractivity (Wildman–Crippen MR) is 96.1 cm³/mol. The summed E-state index contributed by atoms with van der Waals surface area (Å²) >= 11 is 5.97. The lowest BCUT2D eigenvalue weighted by molar-refractivity contribution is 0.866. The summed E-state index contributed by atoms with van der Waals surface area (Å²) in [6.45, 7) is 5.36. The Morgan fingerprint density at radius 2 is 2.17 bits per heavy atom. The molecule has 0 atom stereocenters. The second-order valence-electron chi connectivity index (χ2n) is 5.67. The molecule has 121 valence electrons. The number of rotatable bonds is 5. The third kappa shape index (κ3) is 3.85. The van der Waals surface area contributed by atoms with Crippen molar-refractivity contribution in [3.8, 4) is 0 Å². The van der Waals surface area contributed by atoms with E-state index < -0.39 is 0 Å². The lowest BCUT2D eigenvalue weighted by Gasteiger charge is -2.18. The minimum Gasteiger partial charge on any atom is -0.397 e. The van der Waals surface area contributed by atoms with E-state index in [1.54, 1.807) is 12.1 Å². The number of anilines is 4. The Balaban J connectivity index is 1.88. The fourth-order valence-electron chi connectivity index (χ4n) is 2.63. The number of nitrogens with two attached hydrogens (primary N) is 1. The monoisotopic (exact) mass is 330 g/mol. The lowest BCUT2D eigenvalue weighted by atomic mass is 10.2. The highest BCUT2D eigenvalue weighted by molar-refractivity contribution is 6.33. The maximum atomic E-state index is 5.97. The molecule has 2 aromatic rings. The Bertz CT molecular complexity index is 683. The van der Waals surface area contributed by atoms with Gasteiger partial charge in [0.05, 0.1) is 17.3 Å². The van der Waals surface area contributed by atoms with Crippen molar-refractivity contribution in [1.82, 2.24) is 9.97 Å². The van der Waals surface area contributed by atoms with E-state index >= 15 is 0 Å². The van der Waals surface area contributed by atoms with Crippen molar-refractivity contribution in [2.75, 3.05) is 22.5 Å². The van der Waals surface area contributed by atoms with Crippen LogP contribution in [0, 0.1) is 6.54 Å². The molecule has 0 spiro atoms. The van der Waals surface area contributed by atoms with Gasteiger partial charge < -0.3 is 16.0 Å². The summed E-state index contributed by atoms with van der Waals surface area (Å²) < 4.78 is 0. The number of hydrogen-bond acceptors (Lipinski definition) is 5. The average Bonchev–Trinajstić information content (AvgIpc) is 3.06. The zero-order valence-corrected chi connectivity index (χ0v) is 14.0. The van der Waals surface area contributed by atoms with Crippen molar-refractivity contribution >= 4 is 34.7 Å². The first-order valence-electron chi connectivity index (χ1n) is 7.95. The van der Waals surface area contributed by atoms with E-state index in [0.717, 1.165) is 43.0 Å². The first-order valence-corrected chi connectivity index (χ1v) is 8.33. The molecule has 5 nitrogen and oxygen atoms in total. The number of nitrogens with zero attached hydrogens (tertiary/aromatic N) is 3. The third-order valence-electron chi connectivity index (χ3n) is 3.77. The summed E-state index contributed by atoms with van der Waals surface area (Å²) in [5, 5.41) is 3.78. The van der Waals surface area contributed by atoms with Crippen LogP contribution in [0.15, 0.2) is 24.3 Å². The van der Waals surface area contributed by atoms with Gasteiger partial charge in [0, 0.05) is 24.0 Å². The molecule has 0 aliphatic carbocycles. The van der Waals surface area contributed by atoms with E-state index in [1.165, 1.54) is 6.42 Å². The Morgan fingerprint density at radius 1 is 1.30 bits per heavy atom. The van der Waals surface area contributed by atoms with Crippen LogP contribution < -0.4 is 16.0 Å². The molecule has 1 fully saturated rings. The Hall–Kier alpha value is -2.01. The van der Waals surface area contributed by atoms with Crippen LogP contribution in [0.1, 0.15) is 31.9 Å². The Morgan fingerprint density at radius 3 is 2.87 bits per heavy atom. The molecule has 1 aliphatic rings. The van der Waals surface area contributed by atoms with Crippen molar-refractivity contribution in [2.45, 2.75) is 32.6 Å². The van der Waals surface area contributed by atoms with Gasteiger partial charge in [-0.3, -0.25) is 0 Å². The third-order valence-corrected chi connectivity index (χ3v) is 4.12. The molecule has 3 N–H and O–H groups in total. The summed E-state index contributed by atoms with van der Waals surface area (Å²) in [7, 11) is 0. The molecule has 1 saturated heterocycles. The number of hydrogen-bond donors (Lipinski definition) is 2. The first-order chi connectivity index (χ1) is 11.2. The van der Waals surface area contributed by atoms with E-state index in [0.29, 0.717) is 16.7 Å². The standard InChI is InChI=1S/C17H21ClN5/c1-2-5-12-11-16(23-8-3-4-9-23)22-17(20-12)21-13-6-7-14(18)15(19)10-13/h6-8,10-11H,2-5,9,19H2,1H3,(H,20,21,22). The second-order valence-corrected chi connectivity index (χ2v) is 6.08. The molecule has 1 aromatic carbocycles. The largest absolute Gasteiger partial charge is 0.397 e. The maximum absolute atomic E-state index is 5.97. The smallest absolute Gasteiger partial charge is 0.229 e. The van der Waals surface area contributed by atoms with Crippen molar-refractivity contribution in [1.29, 1.82) is 0 Å². The zero-order chi connectivity index (χ0) is 16.2. The Labute approximate surface area is 141 Å². The summed E-state index contributed by atoms with van der Waals surface area (Å²) in [5.41, 5.74) is 8.27. The quantitative estimate of drug-likeness (QED) is 0.805. The van der Waals surface area contributed by atoms with E-state index in [-0.39, 0.29) is 0 Å². The first kappa shape index (κ1) is 15.9. The van der Waals surface area contributed by atoms with Crippen LogP contribution in [-0.2, 0) is 6.42 Å².